The van der Waals surface area contributed by atoms with Crippen LogP contribution >= 0.6 is 0 Å². The number of H-pyrrole nitrogens is 1. The fourth-order valence-corrected chi connectivity index (χ4v) is 4.41. The number of phenolic OH excluding ortho intramolecular Hbond substituents is 1. The molecule has 0 aliphatic rings. The summed E-state index contributed by atoms with van der Waals surface area (Å²) in [6.45, 7) is 11.3. The van der Waals surface area contributed by atoms with Crippen molar-refractivity contribution < 1.29 is 9.84 Å². The summed E-state index contributed by atoms with van der Waals surface area (Å²) >= 11 is 0. The number of rotatable bonds is 11. The summed E-state index contributed by atoms with van der Waals surface area (Å²) in [6, 6.07) is 15.1. The Bertz CT molecular complexity index is 1450. The lowest BCUT2D eigenvalue weighted by Crippen LogP contribution is -2.32. The van der Waals surface area contributed by atoms with Crippen molar-refractivity contribution in [1.29, 1.82) is 0 Å². The van der Waals surface area contributed by atoms with Crippen LogP contribution in [0, 0.1) is 6.92 Å². The largest absolute Gasteiger partial charge is 0.508 e. The second-order valence-corrected chi connectivity index (χ2v) is 11.3. The molecule has 2 aromatic carbocycles. The van der Waals surface area contributed by atoms with Crippen molar-refractivity contribution in [2.24, 2.45) is 0 Å². The van der Waals surface area contributed by atoms with Crippen molar-refractivity contribution >= 4 is 11.6 Å². The van der Waals surface area contributed by atoms with Gasteiger partial charge in [0.25, 0.3) is 5.56 Å². The lowest BCUT2D eigenvalue weighted by atomic mass is 9.87. The second-order valence-electron chi connectivity index (χ2n) is 11.3. The molecule has 0 spiro atoms. The molecule has 2 N–H and O–H groups in total. The first-order valence-electron chi connectivity index (χ1n) is 13.4. The number of benzene rings is 2. The Morgan fingerprint density at radius 2 is 1.69 bits per heavy atom. The zero-order valence-electron chi connectivity index (χ0n) is 23.9. The van der Waals surface area contributed by atoms with Gasteiger partial charge in [0.05, 0.1) is 6.61 Å². The fourth-order valence-electron chi connectivity index (χ4n) is 4.41. The van der Waals surface area contributed by atoms with E-state index in [4.69, 9.17) is 14.7 Å². The third-order valence-corrected chi connectivity index (χ3v) is 6.67. The van der Waals surface area contributed by atoms with Gasteiger partial charge >= 0.3 is 0 Å². The number of hydrogen-bond donors (Lipinski definition) is 2. The minimum Gasteiger partial charge on any atom is -0.508 e. The third kappa shape index (κ3) is 7.17. The molecule has 4 rings (SSSR count). The van der Waals surface area contributed by atoms with Crippen LogP contribution in [0.15, 0.2) is 53.3 Å². The monoisotopic (exact) mass is 532 g/mol. The van der Waals surface area contributed by atoms with Crippen LogP contribution < -0.4 is 15.2 Å². The minimum absolute atomic E-state index is 0.0482. The predicted octanol–water partition coefficient (Wildman–Crippen LogP) is 4.62. The molecule has 0 fully saturated rings. The van der Waals surface area contributed by atoms with Crippen LogP contribution in [0.1, 0.15) is 44.7 Å². The molecule has 0 saturated carbocycles. The lowest BCUT2D eigenvalue weighted by molar-refractivity contribution is 0.310. The number of phenols is 1. The standard InChI is InChI=1S/C30H40N6O3/c1-21-19-24(13-14-25(21)37)39-18-8-17-35(16-7-15-34(5)6)29-32-28(31-26-20-27(38)33-36(26)29)22-9-11-23(12-10-22)30(2,3)4/h9-14,19-20,37H,7-8,15-18H2,1-6H3,(H,33,38). The molecule has 0 amide bonds. The zero-order chi connectivity index (χ0) is 28.2. The maximum Gasteiger partial charge on any atom is 0.266 e. The Kier molecular flexibility index (Phi) is 8.60. The van der Waals surface area contributed by atoms with Gasteiger partial charge < -0.3 is 19.6 Å². The van der Waals surface area contributed by atoms with Gasteiger partial charge in [0.2, 0.25) is 5.95 Å². The first kappa shape index (κ1) is 28.2. The SMILES string of the molecule is Cc1cc(OCCCN(CCCN(C)C)c2nc(-c3ccc(C(C)(C)C)cc3)nc3cc(=O)[nH]n23)ccc1O. The molecule has 0 unspecified atom stereocenters. The van der Waals surface area contributed by atoms with Crippen molar-refractivity contribution in [3.8, 4) is 22.9 Å². The van der Waals surface area contributed by atoms with E-state index in [1.165, 1.54) is 11.6 Å². The molecule has 2 aromatic heterocycles. The van der Waals surface area contributed by atoms with E-state index < -0.39 is 0 Å². The van der Waals surface area contributed by atoms with E-state index in [0.717, 1.165) is 42.8 Å². The molecule has 0 aliphatic carbocycles. The summed E-state index contributed by atoms with van der Waals surface area (Å²) < 4.78 is 7.63. The zero-order valence-corrected chi connectivity index (χ0v) is 23.9. The van der Waals surface area contributed by atoms with Crippen molar-refractivity contribution in [3.63, 3.8) is 0 Å². The molecule has 9 nitrogen and oxygen atoms in total. The summed E-state index contributed by atoms with van der Waals surface area (Å²) in [4.78, 5) is 26.3. The average Bonchev–Trinajstić information content (AvgIpc) is 3.26. The maximum absolute atomic E-state index is 12.3. The highest BCUT2D eigenvalue weighted by Crippen LogP contribution is 2.26. The van der Waals surface area contributed by atoms with Gasteiger partial charge in [-0.25, -0.2) is 9.50 Å². The molecule has 39 heavy (non-hydrogen) atoms. The predicted molar refractivity (Wildman–Crippen MR) is 156 cm³/mol. The van der Waals surface area contributed by atoms with Gasteiger partial charge in [-0.05, 0) is 75.1 Å². The molecule has 0 bridgehead atoms. The first-order chi connectivity index (χ1) is 18.5. The molecule has 4 aromatic rings. The fraction of sp³-hybridized carbons (Fsp3) is 0.433. The van der Waals surface area contributed by atoms with Gasteiger partial charge in [0.15, 0.2) is 11.5 Å². The van der Waals surface area contributed by atoms with E-state index in [9.17, 15) is 9.90 Å². The van der Waals surface area contributed by atoms with E-state index >= 15 is 0 Å². The van der Waals surface area contributed by atoms with Crippen molar-refractivity contribution in [2.75, 3.05) is 45.2 Å². The van der Waals surface area contributed by atoms with E-state index in [0.29, 0.717) is 30.6 Å². The summed E-state index contributed by atoms with van der Waals surface area (Å²) in [6.07, 6.45) is 1.67. The van der Waals surface area contributed by atoms with Crippen LogP contribution in [-0.2, 0) is 5.41 Å². The van der Waals surface area contributed by atoms with Gasteiger partial charge in [-0.3, -0.25) is 9.89 Å². The highest BCUT2D eigenvalue weighted by atomic mass is 16.5. The molecule has 208 valence electrons. The smallest absolute Gasteiger partial charge is 0.266 e. The lowest BCUT2D eigenvalue weighted by Gasteiger charge is -2.25. The highest BCUT2D eigenvalue weighted by molar-refractivity contribution is 5.61. The normalized spacial score (nSPS) is 11.9. The number of ether oxygens (including phenoxy) is 1. The molecule has 9 heteroatoms. The van der Waals surface area contributed by atoms with Gasteiger partial charge in [0, 0.05) is 24.7 Å². The highest BCUT2D eigenvalue weighted by Gasteiger charge is 2.18. The van der Waals surface area contributed by atoms with Crippen molar-refractivity contribution in [2.45, 2.75) is 46.0 Å². The number of nitrogens with one attached hydrogen (secondary N) is 1. The molecular weight excluding hydrogens is 492 g/mol. The van der Waals surface area contributed by atoms with Crippen molar-refractivity contribution in [3.05, 3.63) is 70.0 Å². The van der Waals surface area contributed by atoms with Crippen LogP contribution in [-0.4, -0.2) is 69.9 Å². The number of fused-ring (bicyclic) bond motifs is 1. The number of aryl methyl sites for hydroxylation is 1. The van der Waals surface area contributed by atoms with E-state index in [-0.39, 0.29) is 16.7 Å². The second kappa shape index (κ2) is 11.9. The molecule has 0 radical (unpaired) electrons. The maximum atomic E-state index is 12.3. The number of aromatic hydroxyl groups is 1. The average molecular weight is 533 g/mol. The van der Waals surface area contributed by atoms with Crippen LogP contribution in [0.5, 0.6) is 11.5 Å². The van der Waals surface area contributed by atoms with Crippen LogP contribution in [0.3, 0.4) is 0 Å². The molecule has 0 saturated heterocycles. The van der Waals surface area contributed by atoms with Gasteiger partial charge in [0.1, 0.15) is 11.5 Å². The summed E-state index contributed by atoms with van der Waals surface area (Å²) in [5.74, 6) is 2.21. The van der Waals surface area contributed by atoms with E-state index in [1.54, 1.807) is 16.6 Å². The van der Waals surface area contributed by atoms with Gasteiger partial charge in [-0.15, -0.1) is 0 Å². The molecular formula is C30H40N6O3. The first-order valence-corrected chi connectivity index (χ1v) is 13.4. The minimum atomic E-state index is -0.218. The molecule has 2 heterocycles. The van der Waals surface area contributed by atoms with E-state index in [2.05, 4.69) is 61.9 Å². The van der Waals surface area contributed by atoms with E-state index in [1.807, 2.05) is 25.1 Å². The number of nitrogens with zero attached hydrogens (tertiary/aromatic N) is 5. The Morgan fingerprint density at radius 1 is 0.974 bits per heavy atom. The summed E-state index contributed by atoms with van der Waals surface area (Å²) in [5, 5.41) is 12.6. The van der Waals surface area contributed by atoms with Crippen molar-refractivity contribution in [1.82, 2.24) is 24.5 Å². The Labute approximate surface area is 230 Å². The number of aromatic nitrogens is 4. The topological polar surface area (TPSA) is 99.0 Å². The van der Waals surface area contributed by atoms with Gasteiger partial charge in [-0.2, -0.15) is 4.98 Å². The summed E-state index contributed by atoms with van der Waals surface area (Å²) in [7, 11) is 4.12. The molecule has 0 aliphatic heterocycles. The van der Waals surface area contributed by atoms with Crippen LogP contribution in [0.2, 0.25) is 0 Å². The quantitative estimate of drug-likeness (QED) is 0.272. The Morgan fingerprint density at radius 3 is 2.36 bits per heavy atom. The van der Waals surface area contributed by atoms with Crippen LogP contribution in [0.25, 0.3) is 17.0 Å². The third-order valence-electron chi connectivity index (χ3n) is 6.67. The number of anilines is 1. The summed E-state index contributed by atoms with van der Waals surface area (Å²) in [5.41, 5.74) is 3.28. The Hall–Kier alpha value is -3.85. The molecule has 0 atom stereocenters. The number of hydrogen-bond acceptors (Lipinski definition) is 7. The number of aromatic amines is 1. The van der Waals surface area contributed by atoms with Gasteiger partial charge in [-0.1, -0.05) is 45.0 Å². The van der Waals surface area contributed by atoms with Crippen LogP contribution in [0.4, 0.5) is 5.95 Å². The Balaban J connectivity index is 1.61.